The second-order valence-electron chi connectivity index (χ2n) is 4.05. The topological polar surface area (TPSA) is 70.3 Å². The van der Waals surface area contributed by atoms with Gasteiger partial charge in [-0.3, -0.25) is 4.57 Å². The number of nitrogens with zero attached hydrogens (tertiary/aromatic N) is 1. The van der Waals surface area contributed by atoms with Crippen molar-refractivity contribution in [2.24, 2.45) is 0 Å². The SMILES string of the molecule is CCC(C)OP(=O)(O)Cc1ccc(C#N)c(F)c1. The Kier molecular flexibility index (Phi) is 5.03. The van der Waals surface area contributed by atoms with Crippen molar-refractivity contribution >= 4 is 7.60 Å². The van der Waals surface area contributed by atoms with Crippen LogP contribution in [0.3, 0.4) is 0 Å². The summed E-state index contributed by atoms with van der Waals surface area (Å²) in [6, 6.07) is 5.51. The van der Waals surface area contributed by atoms with Crippen LogP contribution in [0.1, 0.15) is 31.4 Å². The summed E-state index contributed by atoms with van der Waals surface area (Å²) in [4.78, 5) is 9.63. The minimum absolute atomic E-state index is 0.0885. The first-order valence-corrected chi connectivity index (χ1v) is 7.33. The maximum Gasteiger partial charge on any atom is 0.332 e. The van der Waals surface area contributed by atoms with E-state index in [9.17, 15) is 13.8 Å². The molecule has 1 aromatic carbocycles. The first-order valence-electron chi connectivity index (χ1n) is 5.56. The van der Waals surface area contributed by atoms with Gasteiger partial charge in [-0.15, -0.1) is 0 Å². The van der Waals surface area contributed by atoms with E-state index in [4.69, 9.17) is 9.79 Å². The average Bonchev–Trinajstić information content (AvgIpc) is 2.27. The fourth-order valence-electron chi connectivity index (χ4n) is 1.37. The average molecular weight is 271 g/mol. The molecule has 4 nitrogen and oxygen atoms in total. The molecule has 0 bridgehead atoms. The van der Waals surface area contributed by atoms with Gasteiger partial charge in [-0.2, -0.15) is 5.26 Å². The molecule has 0 aliphatic rings. The predicted octanol–water partition coefficient (Wildman–Crippen LogP) is 3.20. The van der Waals surface area contributed by atoms with Crippen LogP contribution in [0.25, 0.3) is 0 Å². The molecular formula is C12H15FNO3P. The monoisotopic (exact) mass is 271 g/mol. The Morgan fingerprint density at radius 3 is 2.78 bits per heavy atom. The highest BCUT2D eigenvalue weighted by Gasteiger charge is 2.23. The summed E-state index contributed by atoms with van der Waals surface area (Å²) in [6.45, 7) is 3.54. The lowest BCUT2D eigenvalue weighted by Gasteiger charge is -2.16. The summed E-state index contributed by atoms with van der Waals surface area (Å²) in [5.41, 5.74) is 0.245. The second kappa shape index (κ2) is 6.10. The lowest BCUT2D eigenvalue weighted by Crippen LogP contribution is -2.05. The van der Waals surface area contributed by atoms with Crippen LogP contribution in [0.5, 0.6) is 0 Å². The van der Waals surface area contributed by atoms with Gasteiger partial charge in [-0.1, -0.05) is 13.0 Å². The van der Waals surface area contributed by atoms with Gasteiger partial charge in [-0.05, 0) is 31.0 Å². The molecule has 2 atom stereocenters. The molecule has 0 aliphatic heterocycles. The molecule has 0 radical (unpaired) electrons. The Morgan fingerprint density at radius 2 is 2.28 bits per heavy atom. The lowest BCUT2D eigenvalue weighted by atomic mass is 10.1. The van der Waals surface area contributed by atoms with Crippen LogP contribution in [0, 0.1) is 17.1 Å². The number of hydrogen-bond acceptors (Lipinski definition) is 3. The fourth-order valence-corrected chi connectivity index (χ4v) is 2.82. The van der Waals surface area contributed by atoms with Crippen LogP contribution in [0.15, 0.2) is 18.2 Å². The summed E-state index contributed by atoms with van der Waals surface area (Å²) in [5.74, 6) is -0.696. The van der Waals surface area contributed by atoms with Crippen molar-refractivity contribution < 1.29 is 18.4 Å². The van der Waals surface area contributed by atoms with Gasteiger partial charge in [-0.25, -0.2) is 4.39 Å². The largest absolute Gasteiger partial charge is 0.332 e. The molecule has 0 heterocycles. The lowest BCUT2D eigenvalue weighted by molar-refractivity contribution is 0.185. The van der Waals surface area contributed by atoms with Crippen LogP contribution in [0.4, 0.5) is 4.39 Å². The second-order valence-corrected chi connectivity index (χ2v) is 5.85. The first-order chi connectivity index (χ1) is 8.38. The quantitative estimate of drug-likeness (QED) is 0.835. The summed E-state index contributed by atoms with van der Waals surface area (Å²) in [7, 11) is -3.78. The molecule has 1 aromatic rings. The van der Waals surface area contributed by atoms with Crippen LogP contribution >= 0.6 is 7.60 Å². The van der Waals surface area contributed by atoms with E-state index in [1.165, 1.54) is 12.1 Å². The van der Waals surface area contributed by atoms with Crippen LogP contribution < -0.4 is 0 Å². The normalized spacial score (nSPS) is 15.7. The number of hydrogen-bond donors (Lipinski definition) is 1. The van der Waals surface area contributed by atoms with Gasteiger partial charge in [0.05, 0.1) is 17.8 Å². The number of benzene rings is 1. The highest BCUT2D eigenvalue weighted by molar-refractivity contribution is 7.51. The van der Waals surface area contributed by atoms with Crippen molar-refractivity contribution in [3.8, 4) is 6.07 Å². The molecule has 1 N–H and O–H groups in total. The van der Waals surface area contributed by atoms with Crippen LogP contribution in [0.2, 0.25) is 0 Å². The molecule has 0 aromatic heterocycles. The van der Waals surface area contributed by atoms with Gasteiger partial charge in [0.25, 0.3) is 0 Å². The maximum absolute atomic E-state index is 13.3. The molecule has 18 heavy (non-hydrogen) atoms. The summed E-state index contributed by atoms with van der Waals surface area (Å²) in [5, 5.41) is 8.57. The van der Waals surface area contributed by atoms with Gasteiger partial charge in [0, 0.05) is 0 Å². The van der Waals surface area contributed by atoms with Crippen molar-refractivity contribution in [2.75, 3.05) is 0 Å². The smallest absolute Gasteiger partial charge is 0.324 e. The van der Waals surface area contributed by atoms with E-state index in [2.05, 4.69) is 0 Å². The van der Waals surface area contributed by atoms with Crippen molar-refractivity contribution in [3.05, 3.63) is 35.1 Å². The highest BCUT2D eigenvalue weighted by atomic mass is 31.2. The molecule has 1 rings (SSSR count). The van der Waals surface area contributed by atoms with E-state index < -0.39 is 13.4 Å². The van der Waals surface area contributed by atoms with Crippen molar-refractivity contribution in [1.82, 2.24) is 0 Å². The molecule has 0 fully saturated rings. The number of halogens is 1. The van der Waals surface area contributed by atoms with Gasteiger partial charge in [0.2, 0.25) is 0 Å². The third-order valence-corrected chi connectivity index (χ3v) is 3.91. The minimum atomic E-state index is -3.78. The Bertz CT molecular complexity index is 513. The molecule has 0 saturated carbocycles. The Balaban J connectivity index is 2.82. The van der Waals surface area contributed by atoms with E-state index >= 15 is 0 Å². The zero-order chi connectivity index (χ0) is 13.8. The Hall–Kier alpha value is -1.21. The first kappa shape index (κ1) is 14.8. The van der Waals surface area contributed by atoms with E-state index in [0.29, 0.717) is 12.0 Å². The molecule has 0 amide bonds. The van der Waals surface area contributed by atoms with Gasteiger partial charge in [0.15, 0.2) is 0 Å². The molecule has 0 spiro atoms. The van der Waals surface area contributed by atoms with Crippen molar-refractivity contribution in [3.63, 3.8) is 0 Å². The Labute approximate surface area is 106 Å². The van der Waals surface area contributed by atoms with E-state index in [0.717, 1.165) is 6.07 Å². The molecule has 0 saturated heterocycles. The standard InChI is InChI=1S/C12H15FNO3P/c1-3-9(2)17-18(15,16)8-10-4-5-11(7-14)12(13)6-10/h4-6,9H,3,8H2,1-2H3,(H,15,16). The van der Waals surface area contributed by atoms with Crippen molar-refractivity contribution in [2.45, 2.75) is 32.5 Å². The molecule has 2 unspecified atom stereocenters. The van der Waals surface area contributed by atoms with E-state index in [1.54, 1.807) is 13.0 Å². The van der Waals surface area contributed by atoms with E-state index in [-0.39, 0.29) is 17.8 Å². The molecular weight excluding hydrogens is 256 g/mol. The third kappa shape index (κ3) is 4.23. The zero-order valence-electron chi connectivity index (χ0n) is 10.3. The zero-order valence-corrected chi connectivity index (χ0v) is 11.2. The van der Waals surface area contributed by atoms with Crippen LogP contribution in [-0.4, -0.2) is 11.0 Å². The molecule has 98 valence electrons. The van der Waals surface area contributed by atoms with Crippen LogP contribution in [-0.2, 0) is 15.3 Å². The fraction of sp³-hybridized carbons (Fsp3) is 0.417. The van der Waals surface area contributed by atoms with Gasteiger partial charge in [0.1, 0.15) is 11.9 Å². The predicted molar refractivity (Wildman–Crippen MR) is 65.5 cm³/mol. The van der Waals surface area contributed by atoms with Crippen molar-refractivity contribution in [1.29, 1.82) is 5.26 Å². The van der Waals surface area contributed by atoms with E-state index in [1.807, 2.05) is 6.92 Å². The highest BCUT2D eigenvalue weighted by Crippen LogP contribution is 2.47. The summed E-state index contributed by atoms with van der Waals surface area (Å²) in [6.07, 6.45) is 0.0239. The van der Waals surface area contributed by atoms with Gasteiger partial charge < -0.3 is 9.42 Å². The van der Waals surface area contributed by atoms with Gasteiger partial charge >= 0.3 is 7.60 Å². The number of rotatable bonds is 5. The minimum Gasteiger partial charge on any atom is -0.324 e. The summed E-state index contributed by atoms with van der Waals surface area (Å²) >= 11 is 0. The third-order valence-electron chi connectivity index (χ3n) is 2.46. The number of nitriles is 1. The molecule has 6 heteroatoms. The Morgan fingerprint density at radius 1 is 1.61 bits per heavy atom. The molecule has 0 aliphatic carbocycles. The maximum atomic E-state index is 13.3. The summed E-state index contributed by atoms with van der Waals surface area (Å²) < 4.78 is 30.1.